The van der Waals surface area contributed by atoms with Gasteiger partial charge in [-0.1, -0.05) is 56.4 Å². The first kappa shape index (κ1) is 16.3. The molecule has 2 aliphatic heterocycles. The standard InChI is InChI=1S/C25H34N2/c1-19-10-6-9-15-23(19)27-18-26-17-16-25(24(26)20(27)2,22-13-7-8-14-22)21-11-4-3-5-12-21/h6,9-10,15-17,21-22H,3-5,7-8,11-14,18H2,1-2H3/i18D. The van der Waals surface area contributed by atoms with Crippen molar-refractivity contribution in [2.75, 3.05) is 11.5 Å². The summed E-state index contributed by atoms with van der Waals surface area (Å²) in [6, 6.07) is 8.56. The molecule has 2 heterocycles. The summed E-state index contributed by atoms with van der Waals surface area (Å²) in [7, 11) is 0. The maximum atomic E-state index is 9.10. The summed E-state index contributed by atoms with van der Waals surface area (Å²) in [6.07, 6.45) is 17.2. The molecule has 144 valence electrons. The Labute approximate surface area is 166 Å². The molecule has 2 fully saturated rings. The molecule has 0 amide bonds. The van der Waals surface area contributed by atoms with Gasteiger partial charge in [-0.2, -0.15) is 0 Å². The van der Waals surface area contributed by atoms with E-state index in [1.807, 2.05) is 0 Å². The Kier molecular flexibility index (Phi) is 4.05. The molecule has 4 aliphatic rings. The number of hydrogen-bond donors (Lipinski definition) is 0. The zero-order valence-electron chi connectivity index (χ0n) is 18.0. The Morgan fingerprint density at radius 2 is 1.56 bits per heavy atom. The van der Waals surface area contributed by atoms with E-state index >= 15 is 0 Å². The van der Waals surface area contributed by atoms with E-state index in [2.05, 4.69) is 60.2 Å². The third-order valence-corrected chi connectivity index (χ3v) is 7.81. The average molecular weight is 364 g/mol. The van der Waals surface area contributed by atoms with Crippen LogP contribution in [0.2, 0.25) is 0 Å². The minimum atomic E-state index is -0.376. The fourth-order valence-electron chi connectivity index (χ4n) is 6.55. The van der Waals surface area contributed by atoms with Gasteiger partial charge in [0.1, 0.15) is 0 Å². The zero-order valence-corrected chi connectivity index (χ0v) is 17.0. The van der Waals surface area contributed by atoms with Crippen LogP contribution in [0.25, 0.3) is 0 Å². The summed E-state index contributed by atoms with van der Waals surface area (Å²) < 4.78 is 9.10. The van der Waals surface area contributed by atoms with Crippen molar-refractivity contribution in [3.8, 4) is 0 Å². The number of benzene rings is 1. The molecule has 2 unspecified atom stereocenters. The van der Waals surface area contributed by atoms with Crippen LogP contribution in [0, 0.1) is 24.2 Å². The van der Waals surface area contributed by atoms with Gasteiger partial charge in [-0.15, -0.1) is 0 Å². The molecular formula is C25H34N2. The number of nitrogens with zero attached hydrogens (tertiary/aromatic N) is 2. The van der Waals surface area contributed by atoms with Crippen LogP contribution < -0.4 is 4.90 Å². The summed E-state index contributed by atoms with van der Waals surface area (Å²) in [5.41, 5.74) is 5.40. The lowest BCUT2D eigenvalue weighted by atomic mass is 9.60. The molecule has 1 aromatic rings. The second-order valence-corrected chi connectivity index (χ2v) is 9.18. The molecule has 0 N–H and O–H groups in total. The summed E-state index contributed by atoms with van der Waals surface area (Å²) >= 11 is 0. The van der Waals surface area contributed by atoms with Crippen LogP contribution in [0.1, 0.15) is 71.6 Å². The summed E-state index contributed by atoms with van der Waals surface area (Å²) in [6.45, 7) is 4.08. The molecule has 2 heteroatoms. The number of fused-ring (bicyclic) bond motifs is 1. The van der Waals surface area contributed by atoms with Crippen molar-refractivity contribution in [1.29, 1.82) is 0 Å². The van der Waals surface area contributed by atoms with Gasteiger partial charge in [-0.3, -0.25) is 0 Å². The van der Waals surface area contributed by atoms with Crippen LogP contribution in [-0.4, -0.2) is 11.5 Å². The van der Waals surface area contributed by atoms with Crippen LogP contribution >= 0.6 is 0 Å². The van der Waals surface area contributed by atoms with Crippen LogP contribution in [0.15, 0.2) is 47.9 Å². The van der Waals surface area contributed by atoms with E-state index in [0.717, 1.165) is 11.8 Å². The fraction of sp³-hybridized carbons (Fsp3) is 0.600. The molecule has 1 aromatic carbocycles. The smallest absolute Gasteiger partial charge is 0.0989 e. The second-order valence-electron chi connectivity index (χ2n) is 9.18. The van der Waals surface area contributed by atoms with Crippen molar-refractivity contribution >= 4 is 5.69 Å². The van der Waals surface area contributed by atoms with Gasteiger partial charge in [0.2, 0.25) is 0 Å². The Morgan fingerprint density at radius 3 is 2.22 bits per heavy atom. The largest absolute Gasteiger partial charge is 0.331 e. The van der Waals surface area contributed by atoms with E-state index in [4.69, 9.17) is 1.37 Å². The molecule has 0 saturated heterocycles. The van der Waals surface area contributed by atoms with E-state index < -0.39 is 0 Å². The van der Waals surface area contributed by atoms with Gasteiger partial charge >= 0.3 is 0 Å². The SMILES string of the molecule is [2H]C1N2C=CC(C3CCCCC3)(C3CCCC3)C2=C(C)N1c1ccccc1C. The van der Waals surface area contributed by atoms with Crippen LogP contribution in [0.5, 0.6) is 0 Å². The van der Waals surface area contributed by atoms with E-state index in [0.29, 0.717) is 0 Å². The number of anilines is 1. The number of allylic oxidation sites excluding steroid dienone is 2. The predicted molar refractivity (Wildman–Crippen MR) is 113 cm³/mol. The van der Waals surface area contributed by atoms with Gasteiger partial charge < -0.3 is 9.80 Å². The monoisotopic (exact) mass is 363 g/mol. The highest BCUT2D eigenvalue weighted by Crippen LogP contribution is 2.60. The van der Waals surface area contributed by atoms with Gasteiger partial charge in [-0.05, 0) is 63.0 Å². The Balaban J connectivity index is 1.63. The van der Waals surface area contributed by atoms with E-state index in [-0.39, 0.29) is 12.1 Å². The molecular weight excluding hydrogens is 328 g/mol. The van der Waals surface area contributed by atoms with E-state index in [9.17, 15) is 0 Å². The lowest BCUT2D eigenvalue weighted by Crippen LogP contribution is -2.39. The van der Waals surface area contributed by atoms with Gasteiger partial charge in [-0.25, -0.2) is 0 Å². The third kappa shape index (κ3) is 2.59. The second kappa shape index (κ2) is 6.72. The molecule has 2 aliphatic carbocycles. The predicted octanol–water partition coefficient (Wildman–Crippen LogP) is 6.59. The summed E-state index contributed by atoms with van der Waals surface area (Å²) in [4.78, 5) is 4.58. The van der Waals surface area contributed by atoms with Gasteiger partial charge in [0, 0.05) is 28.7 Å². The Hall–Kier alpha value is -1.70. The average Bonchev–Trinajstić information content (AvgIpc) is 3.43. The van der Waals surface area contributed by atoms with Crippen LogP contribution in [-0.2, 0) is 0 Å². The minimum absolute atomic E-state index is 0.164. The van der Waals surface area contributed by atoms with E-state index in [1.165, 1.54) is 80.4 Å². The Morgan fingerprint density at radius 1 is 0.926 bits per heavy atom. The third-order valence-electron chi connectivity index (χ3n) is 7.81. The topological polar surface area (TPSA) is 6.48 Å². The molecule has 0 spiro atoms. The summed E-state index contributed by atoms with van der Waals surface area (Å²) in [5.74, 6) is 1.50. The van der Waals surface area contributed by atoms with Crippen molar-refractivity contribution in [3.63, 3.8) is 0 Å². The lowest BCUT2D eigenvalue weighted by molar-refractivity contribution is 0.124. The minimum Gasteiger partial charge on any atom is -0.331 e. The van der Waals surface area contributed by atoms with Crippen molar-refractivity contribution in [3.05, 3.63) is 53.5 Å². The zero-order chi connectivity index (χ0) is 19.3. The first-order valence-corrected chi connectivity index (χ1v) is 11.1. The number of para-hydroxylation sites is 1. The molecule has 27 heavy (non-hydrogen) atoms. The van der Waals surface area contributed by atoms with E-state index in [1.54, 1.807) is 0 Å². The maximum absolute atomic E-state index is 9.10. The molecule has 0 radical (unpaired) electrons. The lowest BCUT2D eigenvalue weighted by Gasteiger charge is -2.45. The first-order valence-electron chi connectivity index (χ1n) is 11.7. The van der Waals surface area contributed by atoms with Crippen LogP contribution in [0.4, 0.5) is 5.69 Å². The van der Waals surface area contributed by atoms with Crippen molar-refractivity contribution < 1.29 is 1.37 Å². The van der Waals surface area contributed by atoms with Crippen molar-refractivity contribution in [2.24, 2.45) is 17.3 Å². The van der Waals surface area contributed by atoms with Gasteiger partial charge in [0.15, 0.2) is 0 Å². The van der Waals surface area contributed by atoms with Crippen molar-refractivity contribution in [1.82, 2.24) is 4.90 Å². The number of rotatable bonds is 3. The quantitative estimate of drug-likeness (QED) is 0.597. The van der Waals surface area contributed by atoms with Crippen LogP contribution in [0.3, 0.4) is 0 Å². The van der Waals surface area contributed by atoms with Gasteiger partial charge in [0.05, 0.1) is 8.02 Å². The molecule has 0 aromatic heterocycles. The summed E-state index contributed by atoms with van der Waals surface area (Å²) in [5, 5.41) is 0. The number of hydrogen-bond acceptors (Lipinski definition) is 2. The molecule has 0 bridgehead atoms. The highest BCUT2D eigenvalue weighted by molar-refractivity contribution is 5.61. The molecule has 5 rings (SSSR count). The first-order chi connectivity index (χ1) is 13.6. The number of aryl methyl sites for hydroxylation is 1. The maximum Gasteiger partial charge on any atom is 0.0989 e. The molecule has 2 atom stereocenters. The van der Waals surface area contributed by atoms with Gasteiger partial charge in [0.25, 0.3) is 0 Å². The molecule has 2 saturated carbocycles. The molecule has 2 nitrogen and oxygen atoms in total. The Bertz CT molecular complexity index is 801. The van der Waals surface area contributed by atoms with Crippen molar-refractivity contribution in [2.45, 2.75) is 71.6 Å². The highest BCUT2D eigenvalue weighted by atomic mass is 15.4. The normalized spacial score (nSPS) is 32.5. The highest BCUT2D eigenvalue weighted by Gasteiger charge is 2.54. The fourth-order valence-corrected chi connectivity index (χ4v) is 6.55.